The second-order valence-corrected chi connectivity index (χ2v) is 5.71. The summed E-state index contributed by atoms with van der Waals surface area (Å²) in [5, 5.41) is 12.5. The van der Waals surface area contributed by atoms with Gasteiger partial charge < -0.3 is 15.3 Å². The zero-order valence-electron chi connectivity index (χ0n) is 11.3. The van der Waals surface area contributed by atoms with E-state index in [2.05, 4.69) is 24.1 Å². The van der Waals surface area contributed by atoms with Crippen molar-refractivity contribution in [2.24, 2.45) is 5.92 Å². The Hall–Kier alpha value is -0.610. The highest BCUT2D eigenvalue weighted by molar-refractivity contribution is 5.78. The Morgan fingerprint density at radius 3 is 2.47 bits per heavy atom. The van der Waals surface area contributed by atoms with E-state index in [1.165, 1.54) is 12.8 Å². The zero-order chi connectivity index (χ0) is 12.9. The monoisotopic (exact) mass is 242 g/mol. The van der Waals surface area contributed by atoms with Crippen molar-refractivity contribution in [3.63, 3.8) is 0 Å². The topological polar surface area (TPSA) is 52.6 Å². The molecule has 4 nitrogen and oxygen atoms in total. The lowest BCUT2D eigenvalue weighted by Gasteiger charge is -2.29. The van der Waals surface area contributed by atoms with Crippen LogP contribution in [0.2, 0.25) is 0 Å². The molecule has 1 aliphatic rings. The molecule has 4 heteroatoms. The lowest BCUT2D eigenvalue weighted by molar-refractivity contribution is -0.144. The van der Waals surface area contributed by atoms with Gasteiger partial charge in [0.25, 0.3) is 0 Å². The number of aliphatic carboxylic acids is 1. The average Bonchev–Trinajstić information content (AvgIpc) is 2.69. The molecule has 100 valence electrons. The highest BCUT2D eigenvalue weighted by Gasteiger charge is 2.33. The van der Waals surface area contributed by atoms with Crippen molar-refractivity contribution < 1.29 is 9.90 Å². The van der Waals surface area contributed by atoms with Crippen LogP contribution in [0.1, 0.15) is 40.0 Å². The lowest BCUT2D eigenvalue weighted by Crippen LogP contribution is -2.52. The zero-order valence-corrected chi connectivity index (χ0v) is 11.3. The fourth-order valence-corrected chi connectivity index (χ4v) is 2.55. The van der Waals surface area contributed by atoms with E-state index in [4.69, 9.17) is 0 Å². The van der Waals surface area contributed by atoms with Crippen LogP contribution < -0.4 is 5.32 Å². The first-order valence-electron chi connectivity index (χ1n) is 6.65. The summed E-state index contributed by atoms with van der Waals surface area (Å²) >= 11 is 0. The third kappa shape index (κ3) is 4.64. The van der Waals surface area contributed by atoms with Gasteiger partial charge >= 0.3 is 5.97 Å². The van der Waals surface area contributed by atoms with E-state index in [-0.39, 0.29) is 0 Å². The number of carboxylic acid groups (broad SMARTS) is 1. The molecule has 0 aromatic heterocycles. The van der Waals surface area contributed by atoms with Crippen molar-refractivity contribution in [1.82, 2.24) is 10.2 Å². The minimum atomic E-state index is -0.784. The number of carboxylic acids is 1. The summed E-state index contributed by atoms with van der Waals surface area (Å²) in [5.41, 5.74) is -0.784. The van der Waals surface area contributed by atoms with E-state index in [9.17, 15) is 9.90 Å². The van der Waals surface area contributed by atoms with Gasteiger partial charge in [-0.2, -0.15) is 0 Å². The summed E-state index contributed by atoms with van der Waals surface area (Å²) in [6.45, 7) is 9.95. The predicted octanol–water partition coefficient (Wildman–Crippen LogP) is 1.56. The molecule has 0 amide bonds. The largest absolute Gasteiger partial charge is 0.480 e. The Bertz CT molecular complexity index is 250. The van der Waals surface area contributed by atoms with Crippen LogP contribution in [0.15, 0.2) is 0 Å². The fourth-order valence-electron chi connectivity index (χ4n) is 2.55. The van der Waals surface area contributed by atoms with Gasteiger partial charge in [0.2, 0.25) is 0 Å². The quantitative estimate of drug-likeness (QED) is 0.711. The first-order valence-corrected chi connectivity index (χ1v) is 6.65. The van der Waals surface area contributed by atoms with Crippen LogP contribution in [-0.2, 0) is 4.79 Å². The Balaban J connectivity index is 2.35. The third-order valence-electron chi connectivity index (χ3n) is 3.43. The smallest absolute Gasteiger partial charge is 0.323 e. The van der Waals surface area contributed by atoms with E-state index in [1.54, 1.807) is 6.92 Å². The molecular formula is C13H26N2O2. The van der Waals surface area contributed by atoms with Crippen LogP contribution in [0.3, 0.4) is 0 Å². The number of hydrogen-bond acceptors (Lipinski definition) is 3. The first-order chi connectivity index (χ1) is 7.94. The minimum absolute atomic E-state index is 0.385. The standard InChI is InChI=1S/C13H26N2O2/c1-11(2)10-13(3,12(16)17)14-6-9-15-7-4-5-8-15/h11,14H,4-10H2,1-3H3,(H,16,17). The molecular weight excluding hydrogens is 216 g/mol. The summed E-state index contributed by atoms with van der Waals surface area (Å²) in [7, 11) is 0. The summed E-state index contributed by atoms with van der Waals surface area (Å²) in [6.07, 6.45) is 3.23. The van der Waals surface area contributed by atoms with Gasteiger partial charge in [-0.1, -0.05) is 13.8 Å². The van der Waals surface area contributed by atoms with Gasteiger partial charge in [0, 0.05) is 13.1 Å². The molecule has 1 fully saturated rings. The molecule has 0 saturated carbocycles. The summed E-state index contributed by atoms with van der Waals surface area (Å²) in [6, 6.07) is 0. The number of rotatable bonds is 7. The molecule has 2 N–H and O–H groups in total. The highest BCUT2D eigenvalue weighted by Crippen LogP contribution is 2.16. The maximum Gasteiger partial charge on any atom is 0.323 e. The summed E-state index contributed by atoms with van der Waals surface area (Å²) in [4.78, 5) is 13.7. The van der Waals surface area contributed by atoms with Crippen LogP contribution in [0.25, 0.3) is 0 Å². The molecule has 1 saturated heterocycles. The van der Waals surface area contributed by atoms with Crippen molar-refractivity contribution in [2.75, 3.05) is 26.2 Å². The molecule has 1 heterocycles. The van der Waals surface area contributed by atoms with Gasteiger partial charge in [-0.3, -0.25) is 4.79 Å². The van der Waals surface area contributed by atoms with Crippen LogP contribution in [0.5, 0.6) is 0 Å². The van der Waals surface area contributed by atoms with Crippen LogP contribution >= 0.6 is 0 Å². The first kappa shape index (κ1) is 14.5. The van der Waals surface area contributed by atoms with E-state index in [0.29, 0.717) is 12.3 Å². The van der Waals surface area contributed by atoms with Gasteiger partial charge in [-0.15, -0.1) is 0 Å². The number of likely N-dealkylation sites (tertiary alicyclic amines) is 1. The number of nitrogens with zero attached hydrogens (tertiary/aromatic N) is 1. The molecule has 1 atom stereocenters. The second-order valence-electron chi connectivity index (χ2n) is 5.71. The van der Waals surface area contributed by atoms with Crippen molar-refractivity contribution in [2.45, 2.75) is 45.6 Å². The van der Waals surface area contributed by atoms with Crippen molar-refractivity contribution in [3.05, 3.63) is 0 Å². The maximum absolute atomic E-state index is 11.3. The number of carbonyl (C=O) groups is 1. The molecule has 0 aromatic carbocycles. The molecule has 0 aliphatic carbocycles. The van der Waals surface area contributed by atoms with Gasteiger partial charge in [-0.25, -0.2) is 0 Å². The molecule has 1 rings (SSSR count). The molecule has 1 aliphatic heterocycles. The molecule has 0 aromatic rings. The third-order valence-corrected chi connectivity index (χ3v) is 3.43. The summed E-state index contributed by atoms with van der Waals surface area (Å²) in [5.74, 6) is -0.358. The van der Waals surface area contributed by atoms with Crippen molar-refractivity contribution in [3.8, 4) is 0 Å². The van der Waals surface area contributed by atoms with Crippen LogP contribution in [0.4, 0.5) is 0 Å². The van der Waals surface area contributed by atoms with Crippen molar-refractivity contribution >= 4 is 5.97 Å². The van der Waals surface area contributed by atoms with E-state index < -0.39 is 11.5 Å². The van der Waals surface area contributed by atoms with Gasteiger partial charge in [-0.05, 0) is 45.2 Å². The molecule has 0 spiro atoms. The lowest BCUT2D eigenvalue weighted by atomic mass is 9.91. The average molecular weight is 242 g/mol. The maximum atomic E-state index is 11.3. The summed E-state index contributed by atoms with van der Waals surface area (Å²) < 4.78 is 0. The van der Waals surface area contributed by atoms with Gasteiger partial charge in [0.15, 0.2) is 0 Å². The van der Waals surface area contributed by atoms with E-state index >= 15 is 0 Å². The Morgan fingerprint density at radius 2 is 2.00 bits per heavy atom. The van der Waals surface area contributed by atoms with E-state index in [0.717, 1.165) is 26.2 Å². The van der Waals surface area contributed by atoms with Crippen LogP contribution in [-0.4, -0.2) is 47.7 Å². The van der Waals surface area contributed by atoms with Gasteiger partial charge in [0.1, 0.15) is 5.54 Å². The molecule has 17 heavy (non-hydrogen) atoms. The predicted molar refractivity (Wildman–Crippen MR) is 69.2 cm³/mol. The van der Waals surface area contributed by atoms with Crippen molar-refractivity contribution in [1.29, 1.82) is 0 Å². The SMILES string of the molecule is CC(C)CC(C)(NCCN1CCCC1)C(=O)O. The highest BCUT2D eigenvalue weighted by atomic mass is 16.4. The van der Waals surface area contributed by atoms with Gasteiger partial charge in [0.05, 0.1) is 0 Å². The Morgan fingerprint density at radius 1 is 1.41 bits per heavy atom. The minimum Gasteiger partial charge on any atom is -0.480 e. The molecule has 1 unspecified atom stereocenters. The molecule has 0 bridgehead atoms. The number of hydrogen-bond donors (Lipinski definition) is 2. The number of nitrogens with one attached hydrogen (secondary N) is 1. The second kappa shape index (κ2) is 6.36. The van der Waals surface area contributed by atoms with Crippen LogP contribution in [0, 0.1) is 5.92 Å². The fraction of sp³-hybridized carbons (Fsp3) is 0.923. The Kier molecular flexibility index (Phi) is 5.40. The Labute approximate surface area is 104 Å². The molecule has 0 radical (unpaired) electrons. The normalized spacial score (nSPS) is 20.7. The van der Waals surface area contributed by atoms with E-state index in [1.807, 2.05) is 0 Å².